The summed E-state index contributed by atoms with van der Waals surface area (Å²) in [7, 11) is 0. The number of nitrogens with zero attached hydrogens (tertiary/aromatic N) is 1. The Labute approximate surface area is 105 Å². The Hall–Kier alpha value is -0.850. The van der Waals surface area contributed by atoms with E-state index in [1.807, 2.05) is 6.20 Å². The van der Waals surface area contributed by atoms with Crippen LogP contribution in [-0.4, -0.2) is 4.98 Å². The van der Waals surface area contributed by atoms with Crippen LogP contribution in [0.5, 0.6) is 0 Å². The first-order chi connectivity index (χ1) is 8.25. The summed E-state index contributed by atoms with van der Waals surface area (Å²) < 4.78 is 0. The van der Waals surface area contributed by atoms with Gasteiger partial charge in [0.25, 0.3) is 0 Å². The largest absolute Gasteiger partial charge is 0.261 e. The van der Waals surface area contributed by atoms with Crippen LogP contribution in [0, 0.1) is 11.8 Å². The van der Waals surface area contributed by atoms with Gasteiger partial charge in [0.1, 0.15) is 0 Å². The zero-order chi connectivity index (χ0) is 11.8. The summed E-state index contributed by atoms with van der Waals surface area (Å²) in [5.74, 6) is 2.54. The van der Waals surface area contributed by atoms with Crippen LogP contribution in [0.25, 0.3) is 0 Å². The summed E-state index contributed by atoms with van der Waals surface area (Å²) in [6, 6.07) is 2.24. The van der Waals surface area contributed by atoms with Crippen LogP contribution in [0.2, 0.25) is 0 Å². The molecule has 1 saturated carbocycles. The zero-order valence-corrected chi connectivity index (χ0v) is 11.1. The van der Waals surface area contributed by atoms with Gasteiger partial charge >= 0.3 is 0 Å². The molecule has 92 valence electrons. The fraction of sp³-hybridized carbons (Fsp3) is 0.688. The van der Waals surface area contributed by atoms with Crippen LogP contribution in [0.15, 0.2) is 12.3 Å². The molecule has 0 spiro atoms. The molecule has 1 aromatic rings. The Morgan fingerprint density at radius 3 is 2.53 bits per heavy atom. The highest BCUT2D eigenvalue weighted by molar-refractivity contribution is 5.35. The summed E-state index contributed by atoms with van der Waals surface area (Å²) in [4.78, 5) is 4.65. The second-order valence-corrected chi connectivity index (χ2v) is 6.19. The number of hydrogen-bond acceptors (Lipinski definition) is 1. The van der Waals surface area contributed by atoms with E-state index in [2.05, 4.69) is 24.9 Å². The smallest absolute Gasteiger partial charge is 0.0441 e. The highest BCUT2D eigenvalue weighted by atomic mass is 14.7. The lowest BCUT2D eigenvalue weighted by molar-refractivity contribution is 0.218. The number of fused-ring (bicyclic) bond motifs is 2. The minimum absolute atomic E-state index is 0.645. The maximum atomic E-state index is 4.65. The van der Waals surface area contributed by atoms with Crippen LogP contribution in [0.4, 0.5) is 0 Å². The molecule has 2 aliphatic carbocycles. The predicted octanol–water partition coefficient (Wildman–Crippen LogP) is 4.11. The number of rotatable bonds is 1. The highest BCUT2D eigenvalue weighted by Gasteiger charge is 2.32. The fourth-order valence-corrected chi connectivity index (χ4v) is 3.84. The van der Waals surface area contributed by atoms with E-state index in [-0.39, 0.29) is 0 Å². The quantitative estimate of drug-likeness (QED) is 0.706. The van der Waals surface area contributed by atoms with Crippen molar-refractivity contribution in [1.29, 1.82) is 0 Å². The van der Waals surface area contributed by atoms with Crippen molar-refractivity contribution >= 4 is 0 Å². The minimum atomic E-state index is 0.645. The molecule has 2 aliphatic rings. The maximum Gasteiger partial charge on any atom is 0.0441 e. The normalized spacial score (nSPS) is 27.7. The van der Waals surface area contributed by atoms with Gasteiger partial charge in [0, 0.05) is 11.9 Å². The highest BCUT2D eigenvalue weighted by Crippen LogP contribution is 2.40. The van der Waals surface area contributed by atoms with Crippen molar-refractivity contribution in [2.75, 3.05) is 0 Å². The van der Waals surface area contributed by atoms with Crippen LogP contribution < -0.4 is 0 Å². The molecule has 1 fully saturated rings. The van der Waals surface area contributed by atoms with E-state index in [4.69, 9.17) is 0 Å². The molecule has 17 heavy (non-hydrogen) atoms. The molecule has 1 nitrogen and oxygen atoms in total. The lowest BCUT2D eigenvalue weighted by atomic mass is 9.69. The molecule has 0 amide bonds. The number of hydrogen-bond donors (Lipinski definition) is 0. The van der Waals surface area contributed by atoms with Gasteiger partial charge in [0.15, 0.2) is 0 Å². The Bertz CT molecular complexity index is 408. The summed E-state index contributed by atoms with van der Waals surface area (Å²) >= 11 is 0. The molecule has 0 aliphatic heterocycles. The van der Waals surface area contributed by atoms with E-state index < -0.39 is 0 Å². The second kappa shape index (κ2) is 4.44. The van der Waals surface area contributed by atoms with Gasteiger partial charge in [0.2, 0.25) is 0 Å². The van der Waals surface area contributed by atoms with Crippen LogP contribution in [0.3, 0.4) is 0 Å². The lowest BCUT2D eigenvalue weighted by Crippen LogP contribution is -2.29. The molecular weight excluding hydrogens is 206 g/mol. The Morgan fingerprint density at radius 2 is 1.82 bits per heavy atom. The summed E-state index contributed by atoms with van der Waals surface area (Å²) in [6.07, 6.45) is 10.4. The average Bonchev–Trinajstić information content (AvgIpc) is 2.35. The lowest BCUT2D eigenvalue weighted by Gasteiger charge is -2.37. The average molecular weight is 229 g/mol. The predicted molar refractivity (Wildman–Crippen MR) is 71.2 cm³/mol. The van der Waals surface area contributed by atoms with E-state index >= 15 is 0 Å². The molecule has 2 atom stereocenters. The van der Waals surface area contributed by atoms with E-state index in [0.717, 1.165) is 11.8 Å². The topological polar surface area (TPSA) is 12.9 Å². The van der Waals surface area contributed by atoms with Crippen molar-refractivity contribution in [1.82, 2.24) is 4.98 Å². The molecule has 0 radical (unpaired) electrons. The third-order valence-corrected chi connectivity index (χ3v) is 4.79. The van der Waals surface area contributed by atoms with E-state index in [1.165, 1.54) is 44.2 Å². The molecule has 0 aromatic carbocycles. The molecule has 0 N–H and O–H groups in total. The first-order valence-electron chi connectivity index (χ1n) is 7.22. The summed E-state index contributed by atoms with van der Waals surface area (Å²) in [5.41, 5.74) is 4.57. The molecule has 1 heteroatoms. The second-order valence-electron chi connectivity index (χ2n) is 6.19. The third-order valence-electron chi connectivity index (χ3n) is 4.79. The van der Waals surface area contributed by atoms with Crippen molar-refractivity contribution in [2.45, 2.75) is 58.3 Å². The third kappa shape index (κ3) is 2.00. The van der Waals surface area contributed by atoms with Crippen molar-refractivity contribution in [3.05, 3.63) is 29.1 Å². The van der Waals surface area contributed by atoms with Crippen molar-refractivity contribution in [2.24, 2.45) is 11.8 Å². The Balaban J connectivity index is 1.96. The van der Waals surface area contributed by atoms with Crippen LogP contribution in [-0.2, 0) is 12.8 Å². The van der Waals surface area contributed by atoms with Gasteiger partial charge in [-0.2, -0.15) is 0 Å². The monoisotopic (exact) mass is 229 g/mol. The van der Waals surface area contributed by atoms with Gasteiger partial charge in [0.05, 0.1) is 0 Å². The van der Waals surface area contributed by atoms with Crippen LogP contribution in [0.1, 0.15) is 62.3 Å². The van der Waals surface area contributed by atoms with E-state index in [0.29, 0.717) is 5.92 Å². The van der Waals surface area contributed by atoms with Gasteiger partial charge in [-0.05, 0) is 60.6 Å². The van der Waals surface area contributed by atoms with E-state index in [9.17, 15) is 0 Å². The number of aromatic nitrogens is 1. The maximum absolute atomic E-state index is 4.65. The molecular formula is C16H23N. The molecule has 0 saturated heterocycles. The molecule has 3 rings (SSSR count). The molecule has 1 heterocycles. The molecule has 0 bridgehead atoms. The molecule has 1 aromatic heterocycles. The first-order valence-corrected chi connectivity index (χ1v) is 7.22. The van der Waals surface area contributed by atoms with Gasteiger partial charge in [-0.1, -0.05) is 26.7 Å². The minimum Gasteiger partial charge on any atom is -0.261 e. The van der Waals surface area contributed by atoms with Crippen LogP contribution >= 0.6 is 0 Å². The Morgan fingerprint density at radius 1 is 1.12 bits per heavy atom. The fourth-order valence-electron chi connectivity index (χ4n) is 3.84. The molecule has 2 unspecified atom stereocenters. The standard InChI is InChI=1S/C16H23N/c1-11(2)14-7-8-17-16-10-13-6-4-3-5-12(13)9-15(14)16/h7-8,11-13H,3-6,9-10H2,1-2H3. The van der Waals surface area contributed by atoms with Crippen molar-refractivity contribution in [3.8, 4) is 0 Å². The summed E-state index contributed by atoms with van der Waals surface area (Å²) in [5, 5.41) is 0. The van der Waals surface area contributed by atoms with Gasteiger partial charge < -0.3 is 0 Å². The van der Waals surface area contributed by atoms with Gasteiger partial charge in [-0.25, -0.2) is 0 Å². The van der Waals surface area contributed by atoms with Gasteiger partial charge in [-0.3, -0.25) is 4.98 Å². The SMILES string of the molecule is CC(C)c1ccnc2c1CC1CCCCC1C2. The van der Waals surface area contributed by atoms with Crippen molar-refractivity contribution in [3.63, 3.8) is 0 Å². The summed E-state index contributed by atoms with van der Waals surface area (Å²) in [6.45, 7) is 4.62. The number of pyridine rings is 1. The Kier molecular flexibility index (Phi) is 2.94. The first kappa shape index (κ1) is 11.3. The zero-order valence-electron chi connectivity index (χ0n) is 11.1. The van der Waals surface area contributed by atoms with Gasteiger partial charge in [-0.15, -0.1) is 0 Å². The van der Waals surface area contributed by atoms with E-state index in [1.54, 1.807) is 11.1 Å². The van der Waals surface area contributed by atoms with Crippen molar-refractivity contribution < 1.29 is 0 Å².